The standard InChI is InChI=1S/C23H18FNO5/c1-29-23(28)17-3-2-4-19(13-17)25-21(26)14-30-20-11-7-16(8-12-20)22(27)15-5-9-18(24)10-6-15/h2-13H,14H2,1H3,(H,25,26). The highest BCUT2D eigenvalue weighted by atomic mass is 19.1. The number of ether oxygens (including phenoxy) is 2. The van der Waals surface area contributed by atoms with Crippen molar-refractivity contribution >= 4 is 23.3 Å². The Balaban J connectivity index is 1.56. The van der Waals surface area contributed by atoms with Gasteiger partial charge in [0.2, 0.25) is 0 Å². The summed E-state index contributed by atoms with van der Waals surface area (Å²) in [6, 6.07) is 17.9. The van der Waals surface area contributed by atoms with Crippen LogP contribution in [0.3, 0.4) is 0 Å². The Morgan fingerprint density at radius 2 is 1.50 bits per heavy atom. The lowest BCUT2D eigenvalue weighted by Gasteiger charge is -2.09. The van der Waals surface area contributed by atoms with Crippen LogP contribution in [0, 0.1) is 5.82 Å². The van der Waals surface area contributed by atoms with E-state index in [-0.39, 0.29) is 12.4 Å². The second kappa shape index (κ2) is 9.47. The van der Waals surface area contributed by atoms with E-state index in [0.29, 0.717) is 28.1 Å². The minimum absolute atomic E-state index is 0.246. The molecule has 0 unspecified atom stereocenters. The van der Waals surface area contributed by atoms with E-state index >= 15 is 0 Å². The second-order valence-electron chi connectivity index (χ2n) is 6.27. The van der Waals surface area contributed by atoms with Crippen LogP contribution in [0.4, 0.5) is 10.1 Å². The number of ketones is 1. The second-order valence-corrected chi connectivity index (χ2v) is 6.27. The summed E-state index contributed by atoms with van der Waals surface area (Å²) in [4.78, 5) is 36.0. The summed E-state index contributed by atoms with van der Waals surface area (Å²) in [5.74, 6) is -1.17. The van der Waals surface area contributed by atoms with E-state index in [1.54, 1.807) is 42.5 Å². The van der Waals surface area contributed by atoms with Crippen LogP contribution in [0.5, 0.6) is 5.75 Å². The first-order valence-corrected chi connectivity index (χ1v) is 8.97. The molecule has 0 radical (unpaired) electrons. The first-order chi connectivity index (χ1) is 14.5. The minimum atomic E-state index is -0.502. The van der Waals surface area contributed by atoms with Crippen molar-refractivity contribution in [3.8, 4) is 5.75 Å². The summed E-state index contributed by atoms with van der Waals surface area (Å²) in [5.41, 5.74) is 1.54. The Morgan fingerprint density at radius 3 is 2.13 bits per heavy atom. The molecule has 0 spiro atoms. The van der Waals surface area contributed by atoms with Crippen molar-refractivity contribution in [2.45, 2.75) is 0 Å². The number of halogens is 1. The van der Waals surface area contributed by atoms with Crippen molar-refractivity contribution in [2.24, 2.45) is 0 Å². The Morgan fingerprint density at radius 1 is 0.867 bits per heavy atom. The predicted molar refractivity (Wildman–Crippen MR) is 108 cm³/mol. The molecule has 0 aliphatic rings. The van der Waals surface area contributed by atoms with Gasteiger partial charge < -0.3 is 14.8 Å². The number of anilines is 1. The van der Waals surface area contributed by atoms with Crippen LogP contribution in [-0.4, -0.2) is 31.4 Å². The van der Waals surface area contributed by atoms with Gasteiger partial charge in [0.05, 0.1) is 12.7 Å². The molecule has 30 heavy (non-hydrogen) atoms. The van der Waals surface area contributed by atoms with Crippen molar-refractivity contribution < 1.29 is 28.2 Å². The molecule has 0 saturated heterocycles. The lowest BCUT2D eigenvalue weighted by Crippen LogP contribution is -2.20. The van der Waals surface area contributed by atoms with E-state index in [9.17, 15) is 18.8 Å². The van der Waals surface area contributed by atoms with Gasteiger partial charge in [-0.2, -0.15) is 0 Å². The molecule has 1 N–H and O–H groups in total. The van der Waals surface area contributed by atoms with E-state index in [4.69, 9.17) is 4.74 Å². The summed E-state index contributed by atoms with van der Waals surface area (Å²) in [6.07, 6.45) is 0. The van der Waals surface area contributed by atoms with E-state index in [1.165, 1.54) is 37.4 Å². The number of amides is 1. The first-order valence-electron chi connectivity index (χ1n) is 8.97. The molecule has 0 aliphatic carbocycles. The average molecular weight is 407 g/mol. The van der Waals surface area contributed by atoms with Crippen LogP contribution >= 0.6 is 0 Å². The summed E-state index contributed by atoms with van der Waals surface area (Å²) in [6.45, 7) is -0.256. The molecule has 0 heterocycles. The highest BCUT2D eigenvalue weighted by molar-refractivity contribution is 6.09. The Hall–Kier alpha value is -4.00. The van der Waals surface area contributed by atoms with Gasteiger partial charge in [0.15, 0.2) is 12.4 Å². The number of hydrogen-bond acceptors (Lipinski definition) is 5. The van der Waals surface area contributed by atoms with Crippen molar-refractivity contribution in [1.82, 2.24) is 0 Å². The van der Waals surface area contributed by atoms with Gasteiger partial charge in [-0.25, -0.2) is 9.18 Å². The molecule has 6 nitrogen and oxygen atoms in total. The smallest absolute Gasteiger partial charge is 0.337 e. The van der Waals surface area contributed by atoms with Gasteiger partial charge in [-0.05, 0) is 66.7 Å². The topological polar surface area (TPSA) is 81.7 Å². The van der Waals surface area contributed by atoms with Gasteiger partial charge in [-0.3, -0.25) is 9.59 Å². The van der Waals surface area contributed by atoms with E-state index in [1.807, 2.05) is 0 Å². The Labute approximate surface area is 172 Å². The highest BCUT2D eigenvalue weighted by Crippen LogP contribution is 2.16. The summed E-state index contributed by atoms with van der Waals surface area (Å²) >= 11 is 0. The van der Waals surface area contributed by atoms with Gasteiger partial charge in [0.25, 0.3) is 5.91 Å². The maximum atomic E-state index is 13.0. The molecule has 3 aromatic rings. The normalized spacial score (nSPS) is 10.2. The molecular formula is C23H18FNO5. The van der Waals surface area contributed by atoms with Gasteiger partial charge in [-0.1, -0.05) is 6.07 Å². The number of carbonyl (C=O) groups is 3. The van der Waals surface area contributed by atoms with Crippen molar-refractivity contribution in [3.63, 3.8) is 0 Å². The number of benzene rings is 3. The lowest BCUT2D eigenvalue weighted by molar-refractivity contribution is -0.118. The molecule has 0 aliphatic heterocycles. The van der Waals surface area contributed by atoms with Crippen LogP contribution in [0.15, 0.2) is 72.8 Å². The number of esters is 1. The van der Waals surface area contributed by atoms with E-state index in [0.717, 1.165) is 0 Å². The molecule has 0 saturated carbocycles. The lowest BCUT2D eigenvalue weighted by atomic mass is 10.0. The number of carbonyl (C=O) groups excluding carboxylic acids is 3. The third kappa shape index (κ3) is 5.29. The van der Waals surface area contributed by atoms with E-state index < -0.39 is 17.7 Å². The molecule has 7 heteroatoms. The maximum Gasteiger partial charge on any atom is 0.337 e. The fraction of sp³-hybridized carbons (Fsp3) is 0.0870. The van der Waals surface area contributed by atoms with Crippen molar-refractivity contribution in [2.75, 3.05) is 19.0 Å². The van der Waals surface area contributed by atoms with Crippen molar-refractivity contribution in [1.29, 1.82) is 0 Å². The zero-order chi connectivity index (χ0) is 21.5. The SMILES string of the molecule is COC(=O)c1cccc(NC(=O)COc2ccc(C(=O)c3ccc(F)cc3)cc2)c1. The fourth-order valence-electron chi connectivity index (χ4n) is 2.66. The zero-order valence-electron chi connectivity index (χ0n) is 16.1. The molecule has 3 aromatic carbocycles. The molecule has 0 aromatic heterocycles. The molecule has 3 rings (SSSR count). The third-order valence-corrected chi connectivity index (χ3v) is 4.16. The third-order valence-electron chi connectivity index (χ3n) is 4.16. The number of methoxy groups -OCH3 is 1. The van der Waals surface area contributed by atoms with Crippen LogP contribution < -0.4 is 10.1 Å². The molecule has 0 atom stereocenters. The molecular weight excluding hydrogens is 389 g/mol. The van der Waals surface area contributed by atoms with Crippen LogP contribution in [0.25, 0.3) is 0 Å². The monoisotopic (exact) mass is 407 g/mol. The fourth-order valence-corrected chi connectivity index (χ4v) is 2.66. The quantitative estimate of drug-likeness (QED) is 0.475. The zero-order valence-corrected chi connectivity index (χ0v) is 16.1. The van der Waals surface area contributed by atoms with Gasteiger partial charge in [0.1, 0.15) is 11.6 Å². The maximum absolute atomic E-state index is 13.0. The largest absolute Gasteiger partial charge is 0.484 e. The van der Waals surface area contributed by atoms with Gasteiger partial charge >= 0.3 is 5.97 Å². The minimum Gasteiger partial charge on any atom is -0.484 e. The summed E-state index contributed by atoms with van der Waals surface area (Å²) in [7, 11) is 1.28. The van der Waals surface area contributed by atoms with E-state index in [2.05, 4.69) is 10.1 Å². The Kier molecular flexibility index (Phi) is 6.54. The summed E-state index contributed by atoms with van der Waals surface area (Å²) < 4.78 is 23.1. The number of rotatable bonds is 7. The molecule has 0 bridgehead atoms. The number of nitrogens with one attached hydrogen (secondary N) is 1. The van der Waals surface area contributed by atoms with Gasteiger partial charge in [-0.15, -0.1) is 0 Å². The molecule has 1 amide bonds. The Bertz CT molecular complexity index is 1060. The molecule has 152 valence electrons. The summed E-state index contributed by atoms with van der Waals surface area (Å²) in [5, 5.41) is 2.63. The van der Waals surface area contributed by atoms with Crippen LogP contribution in [-0.2, 0) is 9.53 Å². The first kappa shape index (κ1) is 20.7. The molecule has 0 fully saturated rings. The highest BCUT2D eigenvalue weighted by Gasteiger charge is 2.11. The van der Waals surface area contributed by atoms with Crippen LogP contribution in [0.1, 0.15) is 26.3 Å². The van der Waals surface area contributed by atoms with Gasteiger partial charge in [0, 0.05) is 16.8 Å². The number of hydrogen-bond donors (Lipinski definition) is 1. The van der Waals surface area contributed by atoms with Crippen LogP contribution in [0.2, 0.25) is 0 Å². The average Bonchev–Trinajstić information content (AvgIpc) is 2.77. The predicted octanol–water partition coefficient (Wildman–Crippen LogP) is 3.86. The van der Waals surface area contributed by atoms with Crippen molar-refractivity contribution in [3.05, 3.63) is 95.3 Å².